The van der Waals surface area contributed by atoms with Crippen LogP contribution in [0.1, 0.15) is 17.3 Å². The van der Waals surface area contributed by atoms with Gasteiger partial charge < -0.3 is 10.2 Å². The number of nitrogens with one attached hydrogen (secondary N) is 1. The van der Waals surface area contributed by atoms with Crippen molar-refractivity contribution in [3.05, 3.63) is 60.2 Å². The molecule has 19 heavy (non-hydrogen) atoms. The van der Waals surface area contributed by atoms with Crippen LogP contribution < -0.4 is 5.32 Å². The Morgan fingerprint density at radius 1 is 1.16 bits per heavy atom. The van der Waals surface area contributed by atoms with E-state index in [1.54, 1.807) is 18.6 Å². The molecule has 0 saturated carbocycles. The van der Waals surface area contributed by atoms with E-state index in [-0.39, 0.29) is 0 Å². The van der Waals surface area contributed by atoms with E-state index in [4.69, 9.17) is 0 Å². The van der Waals surface area contributed by atoms with Gasteiger partial charge in [0.1, 0.15) is 0 Å². The fourth-order valence-corrected chi connectivity index (χ4v) is 2.03. The summed E-state index contributed by atoms with van der Waals surface area (Å²) in [5.74, 6) is 0. The summed E-state index contributed by atoms with van der Waals surface area (Å²) >= 11 is 0. The van der Waals surface area contributed by atoms with E-state index >= 15 is 0 Å². The molecule has 1 heterocycles. The quantitative estimate of drug-likeness (QED) is 0.856. The standard InChI is InChI=1S/C15H20N4/c1-19(2)15(13-6-4-3-5-7-13)12-17-11-14-10-16-8-9-18-14/h3-10,15,17H,11-12H2,1-2H3. The maximum Gasteiger partial charge on any atom is 0.0724 e. The van der Waals surface area contributed by atoms with Gasteiger partial charge in [0.05, 0.1) is 5.69 Å². The van der Waals surface area contributed by atoms with E-state index in [9.17, 15) is 0 Å². The summed E-state index contributed by atoms with van der Waals surface area (Å²) in [7, 11) is 4.20. The molecule has 2 aromatic rings. The lowest BCUT2D eigenvalue weighted by Gasteiger charge is -2.25. The minimum Gasteiger partial charge on any atom is -0.309 e. The summed E-state index contributed by atoms with van der Waals surface area (Å²) in [5, 5.41) is 3.44. The predicted molar refractivity (Wildman–Crippen MR) is 76.6 cm³/mol. The van der Waals surface area contributed by atoms with Gasteiger partial charge in [-0.1, -0.05) is 30.3 Å². The predicted octanol–water partition coefficient (Wildman–Crippen LogP) is 1.87. The van der Waals surface area contributed by atoms with E-state index in [1.807, 2.05) is 6.07 Å². The summed E-state index contributed by atoms with van der Waals surface area (Å²) < 4.78 is 0. The zero-order valence-electron chi connectivity index (χ0n) is 11.5. The minimum atomic E-state index is 0.359. The van der Waals surface area contributed by atoms with Crippen molar-refractivity contribution in [1.29, 1.82) is 0 Å². The van der Waals surface area contributed by atoms with Crippen molar-refractivity contribution in [1.82, 2.24) is 20.2 Å². The Morgan fingerprint density at radius 2 is 1.95 bits per heavy atom. The van der Waals surface area contributed by atoms with Gasteiger partial charge in [-0.25, -0.2) is 0 Å². The zero-order valence-corrected chi connectivity index (χ0v) is 11.5. The van der Waals surface area contributed by atoms with Crippen LogP contribution in [-0.2, 0) is 6.54 Å². The lowest BCUT2D eigenvalue weighted by Crippen LogP contribution is -2.31. The van der Waals surface area contributed by atoms with Crippen LogP contribution in [0.5, 0.6) is 0 Å². The van der Waals surface area contributed by atoms with Crippen molar-refractivity contribution in [2.45, 2.75) is 12.6 Å². The molecule has 1 aromatic carbocycles. The average Bonchev–Trinajstić information content (AvgIpc) is 2.45. The van der Waals surface area contributed by atoms with Gasteiger partial charge in [0.2, 0.25) is 0 Å². The SMILES string of the molecule is CN(C)C(CNCc1cnccn1)c1ccccc1. The molecule has 0 aliphatic heterocycles. The van der Waals surface area contributed by atoms with Gasteiger partial charge >= 0.3 is 0 Å². The second kappa shape index (κ2) is 6.97. The molecule has 4 heteroatoms. The van der Waals surface area contributed by atoms with E-state index in [1.165, 1.54) is 5.56 Å². The molecule has 100 valence electrons. The molecule has 1 N–H and O–H groups in total. The maximum absolute atomic E-state index is 4.25. The molecular weight excluding hydrogens is 236 g/mol. The van der Waals surface area contributed by atoms with Crippen molar-refractivity contribution in [2.75, 3.05) is 20.6 Å². The first-order chi connectivity index (χ1) is 9.27. The summed E-state index contributed by atoms with van der Waals surface area (Å²) in [6, 6.07) is 10.9. The third-order valence-electron chi connectivity index (χ3n) is 3.07. The van der Waals surface area contributed by atoms with Crippen molar-refractivity contribution < 1.29 is 0 Å². The molecule has 0 spiro atoms. The second-order valence-electron chi connectivity index (χ2n) is 4.72. The number of aromatic nitrogens is 2. The summed E-state index contributed by atoms with van der Waals surface area (Å²) in [5.41, 5.74) is 2.28. The van der Waals surface area contributed by atoms with Gasteiger partial charge in [-0.2, -0.15) is 0 Å². The minimum absolute atomic E-state index is 0.359. The third kappa shape index (κ3) is 4.12. The number of hydrogen-bond donors (Lipinski definition) is 1. The third-order valence-corrected chi connectivity index (χ3v) is 3.07. The molecule has 1 aromatic heterocycles. The van der Waals surface area contributed by atoms with Gasteiger partial charge in [0, 0.05) is 37.7 Å². The average molecular weight is 256 g/mol. The molecule has 4 nitrogen and oxygen atoms in total. The summed E-state index contributed by atoms with van der Waals surface area (Å²) in [6.07, 6.45) is 5.20. The maximum atomic E-state index is 4.25. The molecule has 0 fully saturated rings. The monoisotopic (exact) mass is 256 g/mol. The number of likely N-dealkylation sites (N-methyl/N-ethyl adjacent to an activating group) is 1. The summed E-state index contributed by atoms with van der Waals surface area (Å²) in [4.78, 5) is 10.5. The van der Waals surface area contributed by atoms with Crippen LogP contribution in [0, 0.1) is 0 Å². The summed E-state index contributed by atoms with van der Waals surface area (Å²) in [6.45, 7) is 1.62. The zero-order chi connectivity index (χ0) is 13.5. The number of benzene rings is 1. The van der Waals surface area contributed by atoms with Gasteiger partial charge in [-0.15, -0.1) is 0 Å². The highest BCUT2D eigenvalue weighted by molar-refractivity contribution is 5.19. The molecule has 1 unspecified atom stereocenters. The van der Waals surface area contributed by atoms with Crippen molar-refractivity contribution in [2.24, 2.45) is 0 Å². The van der Waals surface area contributed by atoms with E-state index in [2.05, 4.69) is 58.5 Å². The Hall–Kier alpha value is -1.78. The Kier molecular flexibility index (Phi) is 5.01. The Morgan fingerprint density at radius 3 is 2.58 bits per heavy atom. The van der Waals surface area contributed by atoms with Crippen LogP contribution >= 0.6 is 0 Å². The molecular formula is C15H20N4. The second-order valence-corrected chi connectivity index (χ2v) is 4.72. The molecule has 0 aliphatic carbocycles. The van der Waals surface area contributed by atoms with Gasteiger partial charge in [-0.05, 0) is 19.7 Å². The first kappa shape index (κ1) is 13.6. The lowest BCUT2D eigenvalue weighted by atomic mass is 10.1. The van der Waals surface area contributed by atoms with Crippen LogP contribution in [0.25, 0.3) is 0 Å². The van der Waals surface area contributed by atoms with E-state index in [0.717, 1.165) is 18.8 Å². The highest BCUT2D eigenvalue weighted by Crippen LogP contribution is 2.16. The van der Waals surface area contributed by atoms with Crippen molar-refractivity contribution >= 4 is 0 Å². The Labute approximate surface area is 114 Å². The highest BCUT2D eigenvalue weighted by Gasteiger charge is 2.12. The topological polar surface area (TPSA) is 41.0 Å². The first-order valence-electron chi connectivity index (χ1n) is 6.44. The van der Waals surface area contributed by atoms with Gasteiger partial charge in [0.25, 0.3) is 0 Å². The molecule has 0 radical (unpaired) electrons. The Bertz CT molecular complexity index is 470. The van der Waals surface area contributed by atoms with E-state index < -0.39 is 0 Å². The highest BCUT2D eigenvalue weighted by atomic mass is 15.1. The van der Waals surface area contributed by atoms with Gasteiger partial charge in [-0.3, -0.25) is 9.97 Å². The normalized spacial score (nSPS) is 12.6. The smallest absolute Gasteiger partial charge is 0.0724 e. The molecule has 1 atom stereocenters. The number of nitrogens with zero attached hydrogens (tertiary/aromatic N) is 3. The first-order valence-corrected chi connectivity index (χ1v) is 6.44. The molecule has 0 bridgehead atoms. The molecule has 0 aliphatic rings. The lowest BCUT2D eigenvalue weighted by molar-refractivity contribution is 0.288. The molecule has 0 saturated heterocycles. The van der Waals surface area contributed by atoms with Crippen LogP contribution in [0.4, 0.5) is 0 Å². The fourth-order valence-electron chi connectivity index (χ4n) is 2.03. The fraction of sp³-hybridized carbons (Fsp3) is 0.333. The molecule has 0 amide bonds. The van der Waals surface area contributed by atoms with Crippen LogP contribution in [0.3, 0.4) is 0 Å². The van der Waals surface area contributed by atoms with Crippen LogP contribution in [-0.4, -0.2) is 35.5 Å². The molecule has 2 rings (SSSR count). The Balaban J connectivity index is 1.92. The number of rotatable bonds is 6. The van der Waals surface area contributed by atoms with E-state index in [0.29, 0.717) is 6.04 Å². The van der Waals surface area contributed by atoms with Crippen LogP contribution in [0.2, 0.25) is 0 Å². The number of hydrogen-bond acceptors (Lipinski definition) is 4. The van der Waals surface area contributed by atoms with Gasteiger partial charge in [0.15, 0.2) is 0 Å². The van der Waals surface area contributed by atoms with Crippen LogP contribution in [0.15, 0.2) is 48.9 Å². The largest absolute Gasteiger partial charge is 0.309 e. The van der Waals surface area contributed by atoms with Crippen molar-refractivity contribution in [3.8, 4) is 0 Å². The van der Waals surface area contributed by atoms with Crippen molar-refractivity contribution in [3.63, 3.8) is 0 Å².